The zero-order valence-electron chi connectivity index (χ0n) is 11.8. The van der Waals surface area contributed by atoms with E-state index in [0.717, 1.165) is 5.41 Å². The third-order valence-corrected chi connectivity index (χ3v) is 4.11. The van der Waals surface area contributed by atoms with E-state index in [9.17, 15) is 13.2 Å². The number of sulfonamides is 1. The van der Waals surface area contributed by atoms with Crippen LogP contribution in [0.5, 0.6) is 0 Å². The Morgan fingerprint density at radius 1 is 1.14 bits per heavy atom. The van der Waals surface area contributed by atoms with Gasteiger partial charge in [0.15, 0.2) is 5.78 Å². The molecule has 0 amide bonds. The molecule has 0 aliphatic carbocycles. The van der Waals surface area contributed by atoms with Gasteiger partial charge < -0.3 is 0 Å². The molecule has 6 heteroatoms. The molecule has 0 saturated carbocycles. The lowest BCUT2D eigenvalue weighted by Gasteiger charge is -2.05. The van der Waals surface area contributed by atoms with Crippen molar-refractivity contribution in [1.29, 1.82) is 0 Å². The van der Waals surface area contributed by atoms with Crippen molar-refractivity contribution in [2.24, 2.45) is 0 Å². The second-order valence-electron chi connectivity index (χ2n) is 4.64. The van der Waals surface area contributed by atoms with Crippen molar-refractivity contribution in [2.45, 2.75) is 6.92 Å². The minimum atomic E-state index is -3.66. The van der Waals surface area contributed by atoms with Crippen molar-refractivity contribution in [3.8, 4) is 0 Å². The van der Waals surface area contributed by atoms with Gasteiger partial charge in [-0.15, -0.1) is 0 Å². The first kappa shape index (κ1) is 16.3. The highest BCUT2D eigenvalue weighted by Crippen LogP contribution is 2.15. The Bertz CT molecular complexity index is 812. The predicted octanol–water partition coefficient (Wildman–Crippen LogP) is 3.96. The molecular weight excluding hydrogens is 322 g/mol. The van der Waals surface area contributed by atoms with E-state index in [1.165, 1.54) is 19.1 Å². The first-order chi connectivity index (χ1) is 10.4. The molecule has 0 aliphatic heterocycles. The fourth-order valence-electron chi connectivity index (χ4n) is 1.74. The SMILES string of the molecule is CC(=O)c1cccc(NS(=O)(=O)/C=C/c2ccc(Cl)cc2)c1. The van der Waals surface area contributed by atoms with Gasteiger partial charge in [-0.05, 0) is 42.8 Å². The number of carbonyl (C=O) groups excluding carboxylic acids is 1. The Hall–Kier alpha value is -2.11. The van der Waals surface area contributed by atoms with Crippen LogP contribution in [0, 0.1) is 0 Å². The van der Waals surface area contributed by atoms with E-state index in [1.807, 2.05) is 0 Å². The van der Waals surface area contributed by atoms with Gasteiger partial charge >= 0.3 is 0 Å². The van der Waals surface area contributed by atoms with Crippen LogP contribution < -0.4 is 4.72 Å². The molecule has 2 rings (SSSR count). The lowest BCUT2D eigenvalue weighted by molar-refractivity contribution is 0.101. The summed E-state index contributed by atoms with van der Waals surface area (Å²) in [5, 5.41) is 1.65. The van der Waals surface area contributed by atoms with Gasteiger partial charge in [0.2, 0.25) is 0 Å². The van der Waals surface area contributed by atoms with Crippen LogP contribution >= 0.6 is 11.6 Å². The zero-order chi connectivity index (χ0) is 16.2. The van der Waals surface area contributed by atoms with E-state index in [-0.39, 0.29) is 5.78 Å². The molecule has 2 aromatic carbocycles. The van der Waals surface area contributed by atoms with Crippen molar-refractivity contribution in [3.63, 3.8) is 0 Å². The minimum absolute atomic E-state index is 0.127. The number of nitrogens with one attached hydrogen (secondary N) is 1. The molecule has 0 aromatic heterocycles. The second-order valence-corrected chi connectivity index (χ2v) is 6.64. The van der Waals surface area contributed by atoms with Gasteiger partial charge in [0.05, 0.1) is 5.41 Å². The monoisotopic (exact) mass is 335 g/mol. The number of hydrogen-bond acceptors (Lipinski definition) is 3. The standard InChI is InChI=1S/C16H14ClNO3S/c1-12(19)14-3-2-4-16(11-14)18-22(20,21)10-9-13-5-7-15(17)8-6-13/h2-11,18H,1H3/b10-9+. The summed E-state index contributed by atoms with van der Waals surface area (Å²) in [6.45, 7) is 1.42. The Morgan fingerprint density at radius 2 is 1.82 bits per heavy atom. The van der Waals surface area contributed by atoms with E-state index in [0.29, 0.717) is 21.8 Å². The number of carbonyl (C=O) groups is 1. The highest BCUT2D eigenvalue weighted by Gasteiger charge is 2.07. The molecular formula is C16H14ClNO3S. The predicted molar refractivity (Wildman–Crippen MR) is 89.5 cm³/mol. The average molecular weight is 336 g/mol. The second kappa shape index (κ2) is 6.77. The minimum Gasteiger partial charge on any atom is -0.295 e. The number of benzene rings is 2. The molecule has 0 spiro atoms. The molecule has 0 fully saturated rings. The molecule has 0 saturated heterocycles. The quantitative estimate of drug-likeness (QED) is 0.841. The van der Waals surface area contributed by atoms with E-state index in [4.69, 9.17) is 11.6 Å². The van der Waals surface area contributed by atoms with Crippen molar-refractivity contribution in [2.75, 3.05) is 4.72 Å². The number of hydrogen-bond donors (Lipinski definition) is 1. The Labute approximate surface area is 134 Å². The Balaban J connectivity index is 2.15. The molecule has 114 valence electrons. The van der Waals surface area contributed by atoms with Crippen molar-refractivity contribution >= 4 is 39.2 Å². The number of rotatable bonds is 5. The fraction of sp³-hybridized carbons (Fsp3) is 0.0625. The largest absolute Gasteiger partial charge is 0.295 e. The number of Topliss-reactive ketones (excluding diaryl/α,β-unsaturated/α-hetero) is 1. The van der Waals surface area contributed by atoms with Crippen LogP contribution in [0.4, 0.5) is 5.69 Å². The van der Waals surface area contributed by atoms with Gasteiger partial charge in [-0.25, -0.2) is 8.42 Å². The molecule has 2 aromatic rings. The third kappa shape index (κ3) is 4.72. The van der Waals surface area contributed by atoms with E-state index >= 15 is 0 Å². The molecule has 4 nitrogen and oxygen atoms in total. The molecule has 0 atom stereocenters. The summed E-state index contributed by atoms with van der Waals surface area (Å²) in [7, 11) is -3.66. The lowest BCUT2D eigenvalue weighted by Crippen LogP contribution is -2.09. The molecule has 0 aliphatic rings. The van der Waals surface area contributed by atoms with Crippen molar-refractivity contribution < 1.29 is 13.2 Å². The fourth-order valence-corrected chi connectivity index (χ4v) is 2.73. The lowest BCUT2D eigenvalue weighted by atomic mass is 10.1. The first-order valence-electron chi connectivity index (χ1n) is 6.43. The summed E-state index contributed by atoms with van der Waals surface area (Å²) in [5.74, 6) is -0.127. The molecule has 1 N–H and O–H groups in total. The van der Waals surface area contributed by atoms with Crippen LogP contribution in [-0.2, 0) is 10.0 Å². The third-order valence-electron chi connectivity index (χ3n) is 2.84. The van der Waals surface area contributed by atoms with E-state index in [2.05, 4.69) is 4.72 Å². The van der Waals surface area contributed by atoms with Gasteiger partial charge in [0.1, 0.15) is 0 Å². The van der Waals surface area contributed by atoms with Gasteiger partial charge in [-0.3, -0.25) is 9.52 Å². The molecule has 0 unspecified atom stereocenters. The van der Waals surface area contributed by atoms with Crippen LogP contribution in [0.25, 0.3) is 6.08 Å². The highest BCUT2D eigenvalue weighted by molar-refractivity contribution is 7.95. The Kier molecular flexibility index (Phi) is 5.00. The zero-order valence-corrected chi connectivity index (χ0v) is 13.4. The van der Waals surface area contributed by atoms with Crippen LogP contribution in [0.3, 0.4) is 0 Å². The summed E-state index contributed by atoms with van der Waals surface area (Å²) in [6, 6.07) is 13.1. The summed E-state index contributed by atoms with van der Waals surface area (Å²) in [6.07, 6.45) is 1.47. The molecule has 0 radical (unpaired) electrons. The summed E-state index contributed by atoms with van der Waals surface area (Å²) in [4.78, 5) is 11.3. The van der Waals surface area contributed by atoms with Crippen LogP contribution in [-0.4, -0.2) is 14.2 Å². The summed E-state index contributed by atoms with van der Waals surface area (Å²) < 4.78 is 26.4. The maximum Gasteiger partial charge on any atom is 0.255 e. The van der Waals surface area contributed by atoms with E-state index < -0.39 is 10.0 Å². The van der Waals surface area contributed by atoms with Gasteiger partial charge in [0, 0.05) is 16.3 Å². The number of ketones is 1. The maximum atomic E-state index is 12.0. The molecule has 22 heavy (non-hydrogen) atoms. The first-order valence-corrected chi connectivity index (χ1v) is 8.36. The van der Waals surface area contributed by atoms with Crippen LogP contribution in [0.2, 0.25) is 5.02 Å². The van der Waals surface area contributed by atoms with Crippen LogP contribution in [0.15, 0.2) is 53.9 Å². The van der Waals surface area contributed by atoms with Gasteiger partial charge in [0.25, 0.3) is 10.0 Å². The molecule has 0 heterocycles. The number of halogens is 1. The van der Waals surface area contributed by atoms with Crippen LogP contribution in [0.1, 0.15) is 22.8 Å². The van der Waals surface area contributed by atoms with Crippen molar-refractivity contribution in [1.82, 2.24) is 0 Å². The topological polar surface area (TPSA) is 63.2 Å². The highest BCUT2D eigenvalue weighted by atomic mass is 35.5. The summed E-state index contributed by atoms with van der Waals surface area (Å²) >= 11 is 5.77. The van der Waals surface area contributed by atoms with E-state index in [1.54, 1.807) is 42.5 Å². The summed E-state index contributed by atoms with van der Waals surface area (Å²) in [5.41, 5.74) is 1.50. The normalized spacial score (nSPS) is 11.5. The molecule has 0 bridgehead atoms. The Morgan fingerprint density at radius 3 is 2.45 bits per heavy atom. The van der Waals surface area contributed by atoms with Gasteiger partial charge in [-0.1, -0.05) is 35.9 Å². The maximum absolute atomic E-state index is 12.0. The van der Waals surface area contributed by atoms with Gasteiger partial charge in [-0.2, -0.15) is 0 Å². The number of anilines is 1. The average Bonchev–Trinajstić information content (AvgIpc) is 2.46. The van der Waals surface area contributed by atoms with Crippen molar-refractivity contribution in [3.05, 3.63) is 70.1 Å². The smallest absolute Gasteiger partial charge is 0.255 e.